The number of hydrogen-bond acceptors (Lipinski definition) is 2. The van der Waals surface area contributed by atoms with E-state index in [2.05, 4.69) is 72.8 Å². The molecule has 0 aliphatic heterocycles. The molecule has 2 aromatic rings. The normalized spacial score (nSPS) is 10.5. The highest BCUT2D eigenvalue weighted by molar-refractivity contribution is 5.95. The smallest absolute Gasteiger partial charge is 0.118 e. The summed E-state index contributed by atoms with van der Waals surface area (Å²) >= 11 is 0. The highest BCUT2D eigenvalue weighted by Gasteiger charge is 2.11. The lowest BCUT2D eigenvalue weighted by atomic mass is 9.95. The van der Waals surface area contributed by atoms with Gasteiger partial charge < -0.3 is 9.47 Å². The third-order valence-electron chi connectivity index (χ3n) is 4.93. The number of benzene rings is 2. The second-order valence-electron chi connectivity index (χ2n) is 6.58. The number of hydrogen-bond donors (Lipinski definition) is 0. The molecule has 0 saturated heterocycles. The van der Waals surface area contributed by atoms with Crippen molar-refractivity contribution in [3.8, 4) is 22.6 Å². The average Bonchev–Trinajstić information content (AvgIpc) is 2.97. The Morgan fingerprint density at radius 2 is 1.18 bits per heavy atom. The highest BCUT2D eigenvalue weighted by Crippen LogP contribution is 2.33. The first kappa shape index (κ1) is 17.9. The Balaban J connectivity index is 1.85. The summed E-state index contributed by atoms with van der Waals surface area (Å²) in [5.41, 5.74) is 7.11. The first-order valence-electron chi connectivity index (χ1n) is 9.27. The van der Waals surface area contributed by atoms with Crippen molar-refractivity contribution in [1.82, 2.24) is 0 Å². The molecule has 2 heteroatoms. The van der Waals surface area contributed by atoms with Gasteiger partial charge in [-0.25, -0.2) is 0 Å². The highest BCUT2D eigenvalue weighted by atomic mass is 16.5. The van der Waals surface area contributed by atoms with Gasteiger partial charge in [-0.15, -0.1) is 0 Å². The fraction of sp³-hybridized carbons (Fsp3) is 0.0769. The maximum absolute atomic E-state index is 5.32. The largest absolute Gasteiger partial charge is 0.497 e. The molecule has 138 valence electrons. The van der Waals surface area contributed by atoms with Crippen LogP contribution in [-0.4, -0.2) is 14.2 Å². The van der Waals surface area contributed by atoms with Crippen molar-refractivity contribution in [2.24, 2.45) is 0 Å². The maximum Gasteiger partial charge on any atom is 0.118 e. The van der Waals surface area contributed by atoms with E-state index in [4.69, 9.17) is 9.47 Å². The summed E-state index contributed by atoms with van der Waals surface area (Å²) in [6, 6.07) is 31.2. The zero-order valence-corrected chi connectivity index (χ0v) is 16.1. The zero-order valence-electron chi connectivity index (χ0n) is 16.1. The van der Waals surface area contributed by atoms with Crippen LogP contribution in [0.1, 0.15) is 16.7 Å². The van der Waals surface area contributed by atoms with Gasteiger partial charge in [0.25, 0.3) is 0 Å². The summed E-state index contributed by atoms with van der Waals surface area (Å²) in [7, 11) is 3.37. The van der Waals surface area contributed by atoms with Gasteiger partial charge in [0, 0.05) is 0 Å². The monoisotopic (exact) mass is 366 g/mol. The van der Waals surface area contributed by atoms with Crippen LogP contribution in [0, 0.1) is 0 Å². The van der Waals surface area contributed by atoms with Crippen LogP contribution in [0.25, 0.3) is 22.8 Å². The lowest BCUT2D eigenvalue weighted by molar-refractivity contribution is 0.414. The molecule has 0 amide bonds. The molecular weight excluding hydrogens is 344 g/mol. The van der Waals surface area contributed by atoms with E-state index in [1.165, 1.54) is 16.7 Å². The van der Waals surface area contributed by atoms with Gasteiger partial charge in [-0.05, 0) is 63.7 Å². The van der Waals surface area contributed by atoms with E-state index in [9.17, 15) is 0 Å². The van der Waals surface area contributed by atoms with Gasteiger partial charge in [0.15, 0.2) is 0 Å². The minimum absolute atomic E-state index is 0.851. The SMILES string of the molecule is COc1ccc(C(=Cc2ccc3cccccc2-3)c2ccc(OC)cc2)cc1. The van der Waals surface area contributed by atoms with Gasteiger partial charge >= 0.3 is 0 Å². The second-order valence-corrected chi connectivity index (χ2v) is 6.58. The number of rotatable bonds is 5. The number of fused-ring (bicyclic) bond motifs is 1. The summed E-state index contributed by atoms with van der Waals surface area (Å²) in [6.07, 6.45) is 2.26. The molecule has 2 nitrogen and oxygen atoms in total. The van der Waals surface area contributed by atoms with E-state index < -0.39 is 0 Å². The molecule has 0 heterocycles. The maximum atomic E-state index is 5.32. The second kappa shape index (κ2) is 8.01. The van der Waals surface area contributed by atoms with Gasteiger partial charge in [-0.3, -0.25) is 0 Å². The molecule has 0 fully saturated rings. The molecule has 0 aromatic heterocycles. The molecule has 0 radical (unpaired) electrons. The lowest BCUT2D eigenvalue weighted by Crippen LogP contribution is -1.90. The van der Waals surface area contributed by atoms with E-state index >= 15 is 0 Å². The Bertz CT molecular complexity index is 1010. The van der Waals surface area contributed by atoms with Crippen molar-refractivity contribution < 1.29 is 9.47 Å². The molecule has 28 heavy (non-hydrogen) atoms. The van der Waals surface area contributed by atoms with Crippen LogP contribution in [0.5, 0.6) is 11.5 Å². The molecule has 2 aromatic carbocycles. The van der Waals surface area contributed by atoms with Crippen LogP contribution < -0.4 is 9.47 Å². The van der Waals surface area contributed by atoms with Gasteiger partial charge in [0.05, 0.1) is 14.2 Å². The number of methoxy groups -OCH3 is 2. The Morgan fingerprint density at radius 1 is 0.607 bits per heavy atom. The molecule has 0 N–H and O–H groups in total. The van der Waals surface area contributed by atoms with Crippen LogP contribution in [0.4, 0.5) is 0 Å². The summed E-state index contributed by atoms with van der Waals surface area (Å²) < 4.78 is 10.6. The molecule has 0 saturated carbocycles. The predicted molar refractivity (Wildman–Crippen MR) is 116 cm³/mol. The van der Waals surface area contributed by atoms with E-state index in [1.807, 2.05) is 24.3 Å². The topological polar surface area (TPSA) is 18.5 Å². The van der Waals surface area contributed by atoms with Crippen LogP contribution in [0.2, 0.25) is 0 Å². The van der Waals surface area contributed by atoms with Crippen molar-refractivity contribution in [2.45, 2.75) is 0 Å². The summed E-state index contributed by atoms with van der Waals surface area (Å²) in [5.74, 6) is 1.70. The Kier molecular flexibility index (Phi) is 5.11. The van der Waals surface area contributed by atoms with Gasteiger partial charge in [0.1, 0.15) is 11.5 Å². The fourth-order valence-corrected chi connectivity index (χ4v) is 3.39. The number of ether oxygens (including phenoxy) is 2. The van der Waals surface area contributed by atoms with Crippen LogP contribution in [0.3, 0.4) is 0 Å². The minimum atomic E-state index is 0.851. The third kappa shape index (κ3) is 3.63. The van der Waals surface area contributed by atoms with Gasteiger partial charge in [0.2, 0.25) is 0 Å². The Morgan fingerprint density at radius 3 is 1.75 bits per heavy atom. The van der Waals surface area contributed by atoms with Gasteiger partial charge in [-0.2, -0.15) is 0 Å². The molecule has 0 bridgehead atoms. The molecule has 4 rings (SSSR count). The van der Waals surface area contributed by atoms with Crippen molar-refractivity contribution in [1.29, 1.82) is 0 Å². The van der Waals surface area contributed by atoms with Crippen molar-refractivity contribution in [2.75, 3.05) is 14.2 Å². The van der Waals surface area contributed by atoms with Gasteiger partial charge in [-0.1, -0.05) is 66.7 Å². The first-order chi connectivity index (χ1) is 13.8. The summed E-state index contributed by atoms with van der Waals surface area (Å²) in [5, 5.41) is 0. The van der Waals surface area contributed by atoms with E-state index in [-0.39, 0.29) is 0 Å². The standard InChI is InChI=1S/C26H22O2/c1-27-23-14-10-20(11-15-23)26(21-12-16-24(28-2)17-13-21)18-22-9-8-19-6-4-3-5-7-25(19)22/h3-18H,1-2H3. The Labute approximate surface area is 166 Å². The minimum Gasteiger partial charge on any atom is -0.497 e. The summed E-state index contributed by atoms with van der Waals surface area (Å²) in [4.78, 5) is 0. The van der Waals surface area contributed by atoms with Crippen molar-refractivity contribution >= 4 is 11.6 Å². The van der Waals surface area contributed by atoms with E-state index in [0.717, 1.165) is 28.2 Å². The van der Waals surface area contributed by atoms with E-state index in [0.29, 0.717) is 0 Å². The molecule has 2 aliphatic carbocycles. The van der Waals surface area contributed by atoms with Crippen molar-refractivity contribution in [3.05, 3.63) is 108 Å². The molecule has 0 atom stereocenters. The van der Waals surface area contributed by atoms with Crippen LogP contribution in [0.15, 0.2) is 91.0 Å². The quantitative estimate of drug-likeness (QED) is 0.407. The molecule has 0 spiro atoms. The first-order valence-corrected chi connectivity index (χ1v) is 9.27. The zero-order chi connectivity index (χ0) is 19.3. The van der Waals surface area contributed by atoms with Crippen molar-refractivity contribution in [3.63, 3.8) is 0 Å². The van der Waals surface area contributed by atoms with Crippen LogP contribution >= 0.6 is 0 Å². The lowest BCUT2D eigenvalue weighted by Gasteiger charge is -2.11. The van der Waals surface area contributed by atoms with E-state index in [1.54, 1.807) is 14.2 Å². The fourth-order valence-electron chi connectivity index (χ4n) is 3.39. The summed E-state index contributed by atoms with van der Waals surface area (Å²) in [6.45, 7) is 0. The molecule has 0 unspecified atom stereocenters. The third-order valence-corrected chi connectivity index (χ3v) is 4.93. The Hall–Kier alpha value is -3.52. The average molecular weight is 366 g/mol. The predicted octanol–water partition coefficient (Wildman–Crippen LogP) is 6.40. The van der Waals surface area contributed by atoms with Crippen LogP contribution in [-0.2, 0) is 0 Å². The molecule has 2 aliphatic rings. The molecular formula is C26H22O2.